The molecular formula is C22H25F3N4O4S. The van der Waals surface area contributed by atoms with Crippen molar-refractivity contribution in [2.45, 2.75) is 62.7 Å². The van der Waals surface area contributed by atoms with E-state index >= 15 is 0 Å². The van der Waals surface area contributed by atoms with Gasteiger partial charge < -0.3 is 13.8 Å². The maximum Gasteiger partial charge on any atom is 0.416 e. The Labute approximate surface area is 194 Å². The standard InChI is InChI=1S/C22H25F3N4O4S/c1-13-20(14(2)33-27-13)34(30,31)28-9-7-16(8-10-28)29-18-6-5-15(22(23,24)25)12-17(18)26-21(29)19-4-3-11-32-19/h5-6,12,16,19H,3-4,7-11H2,1-2H3/t19-/m0/s1. The van der Waals surface area contributed by atoms with Gasteiger partial charge in [-0.3, -0.25) is 0 Å². The molecule has 2 fully saturated rings. The molecule has 8 nitrogen and oxygen atoms in total. The average molecular weight is 499 g/mol. The summed E-state index contributed by atoms with van der Waals surface area (Å²) in [7, 11) is -3.76. The van der Waals surface area contributed by atoms with E-state index in [1.807, 2.05) is 4.57 Å². The number of imidazole rings is 1. The van der Waals surface area contributed by atoms with Crippen LogP contribution in [0.2, 0.25) is 0 Å². The fourth-order valence-electron chi connectivity index (χ4n) is 5.00. The highest BCUT2D eigenvalue weighted by atomic mass is 32.2. The summed E-state index contributed by atoms with van der Waals surface area (Å²) in [4.78, 5) is 4.66. The van der Waals surface area contributed by atoms with Gasteiger partial charge in [-0.2, -0.15) is 17.5 Å². The largest absolute Gasteiger partial charge is 0.416 e. The van der Waals surface area contributed by atoms with Crippen molar-refractivity contribution in [3.05, 3.63) is 41.0 Å². The Morgan fingerprint density at radius 2 is 1.85 bits per heavy atom. The van der Waals surface area contributed by atoms with E-state index < -0.39 is 21.8 Å². The van der Waals surface area contributed by atoms with Crippen LogP contribution in [0.5, 0.6) is 0 Å². The lowest BCUT2D eigenvalue weighted by atomic mass is 10.1. The molecule has 1 atom stereocenters. The monoisotopic (exact) mass is 498 g/mol. The zero-order chi connectivity index (χ0) is 24.3. The molecular weight excluding hydrogens is 473 g/mol. The molecule has 34 heavy (non-hydrogen) atoms. The molecule has 0 radical (unpaired) electrons. The predicted octanol–water partition coefficient (Wildman–Crippen LogP) is 4.54. The number of fused-ring (bicyclic) bond motifs is 1. The first kappa shape index (κ1) is 23.3. The number of hydrogen-bond acceptors (Lipinski definition) is 6. The van der Waals surface area contributed by atoms with Crippen molar-refractivity contribution < 1.29 is 30.8 Å². The maximum atomic E-state index is 13.3. The highest BCUT2D eigenvalue weighted by molar-refractivity contribution is 7.89. The van der Waals surface area contributed by atoms with E-state index in [0.29, 0.717) is 36.5 Å². The lowest BCUT2D eigenvalue weighted by Gasteiger charge is -2.33. The Balaban J connectivity index is 1.47. The van der Waals surface area contributed by atoms with Crippen molar-refractivity contribution in [1.29, 1.82) is 0 Å². The van der Waals surface area contributed by atoms with Crippen molar-refractivity contribution >= 4 is 21.1 Å². The summed E-state index contributed by atoms with van der Waals surface area (Å²) in [6, 6.07) is 3.48. The second-order valence-corrected chi connectivity index (χ2v) is 10.7. The minimum atomic E-state index is -4.46. The molecule has 0 saturated carbocycles. The summed E-state index contributed by atoms with van der Waals surface area (Å²) in [5.74, 6) is 0.861. The molecule has 2 aliphatic rings. The first-order chi connectivity index (χ1) is 16.1. The second kappa shape index (κ2) is 8.35. The van der Waals surface area contributed by atoms with Gasteiger partial charge in [0.05, 0.1) is 16.6 Å². The fourth-order valence-corrected chi connectivity index (χ4v) is 6.76. The van der Waals surface area contributed by atoms with E-state index in [9.17, 15) is 21.6 Å². The summed E-state index contributed by atoms with van der Waals surface area (Å²) in [6.45, 7) is 4.28. The predicted molar refractivity (Wildman–Crippen MR) is 116 cm³/mol. The van der Waals surface area contributed by atoms with Gasteiger partial charge in [0.2, 0.25) is 10.0 Å². The summed E-state index contributed by atoms with van der Waals surface area (Å²) in [5.41, 5.74) is 0.446. The number of hydrogen-bond donors (Lipinski definition) is 0. The molecule has 2 aliphatic heterocycles. The van der Waals surface area contributed by atoms with Gasteiger partial charge in [-0.15, -0.1) is 0 Å². The van der Waals surface area contributed by atoms with Gasteiger partial charge in [-0.1, -0.05) is 5.16 Å². The van der Waals surface area contributed by atoms with Gasteiger partial charge in [0.15, 0.2) is 5.76 Å². The summed E-state index contributed by atoms with van der Waals surface area (Å²) in [6.07, 6.45) is -2.15. The van der Waals surface area contributed by atoms with E-state index in [4.69, 9.17) is 9.26 Å². The molecule has 4 heterocycles. The van der Waals surface area contributed by atoms with Crippen LogP contribution >= 0.6 is 0 Å². The number of alkyl halides is 3. The molecule has 5 rings (SSSR count). The number of ether oxygens (including phenoxy) is 1. The molecule has 3 aromatic rings. The lowest BCUT2D eigenvalue weighted by Crippen LogP contribution is -2.39. The van der Waals surface area contributed by atoms with Crippen LogP contribution in [-0.2, 0) is 20.9 Å². The Bertz CT molecular complexity index is 1300. The van der Waals surface area contributed by atoms with Crippen molar-refractivity contribution in [3.63, 3.8) is 0 Å². The van der Waals surface area contributed by atoms with Gasteiger partial charge in [0.1, 0.15) is 22.5 Å². The van der Waals surface area contributed by atoms with E-state index in [2.05, 4.69) is 10.1 Å². The van der Waals surface area contributed by atoms with Crippen LogP contribution in [0.3, 0.4) is 0 Å². The van der Waals surface area contributed by atoms with Crippen molar-refractivity contribution in [3.8, 4) is 0 Å². The van der Waals surface area contributed by atoms with Crippen LogP contribution in [-0.4, -0.2) is 47.1 Å². The van der Waals surface area contributed by atoms with Crippen molar-refractivity contribution in [1.82, 2.24) is 19.0 Å². The van der Waals surface area contributed by atoms with Crippen LogP contribution in [0.4, 0.5) is 13.2 Å². The molecule has 0 aliphatic carbocycles. The number of piperidine rings is 1. The van der Waals surface area contributed by atoms with Gasteiger partial charge in [0.25, 0.3) is 0 Å². The molecule has 2 saturated heterocycles. The first-order valence-electron chi connectivity index (χ1n) is 11.2. The molecule has 0 bridgehead atoms. The minimum Gasteiger partial charge on any atom is -0.370 e. The third-order valence-corrected chi connectivity index (χ3v) is 8.76. The van der Waals surface area contributed by atoms with Crippen LogP contribution in [0.15, 0.2) is 27.6 Å². The van der Waals surface area contributed by atoms with Crippen molar-refractivity contribution in [2.24, 2.45) is 0 Å². The number of aromatic nitrogens is 3. The smallest absolute Gasteiger partial charge is 0.370 e. The first-order valence-corrected chi connectivity index (χ1v) is 12.6. The molecule has 0 amide bonds. The SMILES string of the molecule is Cc1noc(C)c1S(=O)(=O)N1CCC(n2c([C@@H]3CCCO3)nc3cc(C(F)(F)F)ccc32)CC1. The molecule has 1 aromatic carbocycles. The van der Waals surface area contributed by atoms with E-state index in [1.165, 1.54) is 10.4 Å². The topological polar surface area (TPSA) is 90.5 Å². The quantitative estimate of drug-likeness (QED) is 0.525. The highest BCUT2D eigenvalue weighted by Gasteiger charge is 2.37. The normalized spacial score (nSPS) is 21.0. The minimum absolute atomic E-state index is 0.0961. The summed E-state index contributed by atoms with van der Waals surface area (Å²) in [5, 5.41) is 3.76. The third kappa shape index (κ3) is 3.91. The molecule has 2 aromatic heterocycles. The number of nitrogens with zero attached hydrogens (tertiary/aromatic N) is 4. The number of rotatable bonds is 4. The van der Waals surface area contributed by atoms with Crippen LogP contribution in [0, 0.1) is 13.8 Å². The van der Waals surface area contributed by atoms with Gasteiger partial charge in [-0.05, 0) is 57.7 Å². The number of benzene rings is 1. The highest BCUT2D eigenvalue weighted by Crippen LogP contribution is 2.39. The van der Waals surface area contributed by atoms with Crippen LogP contribution in [0.25, 0.3) is 11.0 Å². The Kier molecular flexibility index (Phi) is 5.72. The zero-order valence-corrected chi connectivity index (χ0v) is 19.6. The second-order valence-electron chi connectivity index (χ2n) is 8.83. The average Bonchev–Trinajstić information content (AvgIpc) is 3.51. The van der Waals surface area contributed by atoms with E-state index in [1.54, 1.807) is 13.8 Å². The molecule has 184 valence electrons. The zero-order valence-electron chi connectivity index (χ0n) is 18.8. The molecule has 0 unspecified atom stereocenters. The number of sulfonamides is 1. The van der Waals surface area contributed by atoms with Gasteiger partial charge in [-0.25, -0.2) is 13.4 Å². The summed E-state index contributed by atoms with van der Waals surface area (Å²) < 4.78 is 80.4. The molecule has 0 N–H and O–H groups in total. The van der Waals surface area contributed by atoms with Crippen LogP contribution in [0.1, 0.15) is 60.7 Å². The molecule has 0 spiro atoms. The Morgan fingerprint density at radius 3 is 2.44 bits per heavy atom. The third-order valence-electron chi connectivity index (χ3n) is 6.62. The van der Waals surface area contributed by atoms with Crippen LogP contribution < -0.4 is 0 Å². The Hall–Kier alpha value is -2.44. The molecule has 12 heteroatoms. The summed E-state index contributed by atoms with van der Waals surface area (Å²) >= 11 is 0. The number of aryl methyl sites for hydroxylation is 2. The van der Waals surface area contributed by atoms with Crippen molar-refractivity contribution in [2.75, 3.05) is 19.7 Å². The lowest BCUT2D eigenvalue weighted by molar-refractivity contribution is -0.137. The van der Waals surface area contributed by atoms with Gasteiger partial charge >= 0.3 is 6.18 Å². The Morgan fingerprint density at radius 1 is 1.12 bits per heavy atom. The van der Waals surface area contributed by atoms with E-state index in [0.717, 1.165) is 25.0 Å². The van der Waals surface area contributed by atoms with Gasteiger partial charge in [0, 0.05) is 25.7 Å². The number of halogens is 3. The fraction of sp³-hybridized carbons (Fsp3) is 0.545. The van der Waals surface area contributed by atoms with E-state index in [-0.39, 0.29) is 41.4 Å². The maximum absolute atomic E-state index is 13.3.